The normalized spacial score (nSPS) is 15.0. The first-order chi connectivity index (χ1) is 5.83. The molecule has 0 spiro atoms. The maximum absolute atomic E-state index is 9.45. The molecule has 0 aromatic heterocycles. The van der Waals surface area contributed by atoms with Gasteiger partial charge in [-0.15, -0.1) is 0 Å². The molecular weight excluding hydrogens is 219 g/mol. The van der Waals surface area contributed by atoms with E-state index in [1.807, 2.05) is 18.2 Å². The van der Waals surface area contributed by atoms with Crippen molar-refractivity contribution in [2.75, 3.05) is 0 Å². The summed E-state index contributed by atoms with van der Waals surface area (Å²) in [7, 11) is -0.728. The molecule has 1 aliphatic heterocycles. The predicted molar refractivity (Wildman–Crippen MR) is 51.5 cm³/mol. The Bertz CT molecular complexity index is 303. The van der Waals surface area contributed by atoms with Crippen molar-refractivity contribution < 1.29 is 9.68 Å². The van der Waals surface area contributed by atoms with E-state index in [1.54, 1.807) is 0 Å². The molecule has 0 fully saturated rings. The summed E-state index contributed by atoms with van der Waals surface area (Å²) >= 11 is 3.37. The van der Waals surface area contributed by atoms with Gasteiger partial charge in [0.05, 0.1) is 6.61 Å². The average Bonchev–Trinajstić information content (AvgIpc) is 2.48. The number of rotatable bonds is 1. The van der Waals surface area contributed by atoms with Gasteiger partial charge >= 0.3 is 7.12 Å². The van der Waals surface area contributed by atoms with Gasteiger partial charge in [0.25, 0.3) is 0 Å². The molecule has 0 unspecified atom stereocenters. The van der Waals surface area contributed by atoms with Gasteiger partial charge in [0.1, 0.15) is 0 Å². The zero-order valence-corrected chi connectivity index (χ0v) is 8.04. The molecule has 2 nitrogen and oxygen atoms in total. The van der Waals surface area contributed by atoms with Crippen LogP contribution >= 0.6 is 15.9 Å². The fraction of sp³-hybridized carbons (Fsp3) is 0.250. The van der Waals surface area contributed by atoms with E-state index >= 15 is 0 Å². The van der Waals surface area contributed by atoms with E-state index in [9.17, 15) is 5.02 Å². The van der Waals surface area contributed by atoms with E-state index in [2.05, 4.69) is 15.9 Å². The smallest absolute Gasteiger partial charge is 0.423 e. The Hall–Kier alpha value is -0.315. The maximum Gasteiger partial charge on any atom is 0.492 e. The quantitative estimate of drug-likeness (QED) is 0.567. The molecule has 2 rings (SSSR count). The molecule has 12 heavy (non-hydrogen) atoms. The van der Waals surface area contributed by atoms with Crippen LogP contribution in [0.2, 0.25) is 0 Å². The van der Waals surface area contributed by atoms with Crippen LogP contribution in [0.25, 0.3) is 0 Å². The van der Waals surface area contributed by atoms with Crippen molar-refractivity contribution in [2.24, 2.45) is 0 Å². The van der Waals surface area contributed by atoms with Crippen molar-refractivity contribution in [2.45, 2.75) is 11.9 Å². The van der Waals surface area contributed by atoms with Gasteiger partial charge in [-0.3, -0.25) is 0 Å². The highest BCUT2D eigenvalue weighted by atomic mass is 79.9. The molecular formula is C8H8BBrO2. The van der Waals surface area contributed by atoms with Crippen molar-refractivity contribution in [3.8, 4) is 0 Å². The van der Waals surface area contributed by atoms with Crippen LogP contribution in [-0.4, -0.2) is 12.1 Å². The van der Waals surface area contributed by atoms with Crippen LogP contribution in [0.3, 0.4) is 0 Å². The summed E-state index contributed by atoms with van der Waals surface area (Å²) in [5.74, 6) is 0. The third-order valence-corrected chi connectivity index (χ3v) is 2.68. The molecule has 0 saturated heterocycles. The summed E-state index contributed by atoms with van der Waals surface area (Å²) in [5.41, 5.74) is 3.14. The van der Waals surface area contributed by atoms with Gasteiger partial charge in [-0.2, -0.15) is 0 Å². The summed E-state index contributed by atoms with van der Waals surface area (Å²) in [6.45, 7) is 0.525. The highest BCUT2D eigenvalue weighted by Gasteiger charge is 2.29. The zero-order valence-electron chi connectivity index (χ0n) is 6.46. The minimum absolute atomic E-state index is 0.525. The Morgan fingerprint density at radius 1 is 1.58 bits per heavy atom. The summed E-state index contributed by atoms with van der Waals surface area (Å²) in [6, 6.07) is 5.96. The monoisotopic (exact) mass is 226 g/mol. The van der Waals surface area contributed by atoms with Crippen LogP contribution in [-0.2, 0) is 16.6 Å². The first-order valence-electron chi connectivity index (χ1n) is 3.79. The molecule has 1 aromatic rings. The van der Waals surface area contributed by atoms with E-state index in [0.29, 0.717) is 6.61 Å². The predicted octanol–water partition coefficient (Wildman–Crippen LogP) is 0.799. The lowest BCUT2D eigenvalue weighted by Gasteiger charge is -2.03. The number of halogens is 1. The summed E-state index contributed by atoms with van der Waals surface area (Å²) in [6.07, 6.45) is 0. The fourth-order valence-electron chi connectivity index (χ4n) is 1.48. The van der Waals surface area contributed by atoms with Crippen LogP contribution in [0.15, 0.2) is 18.2 Å². The van der Waals surface area contributed by atoms with Crippen molar-refractivity contribution in [3.05, 3.63) is 29.3 Å². The largest absolute Gasteiger partial charge is 0.492 e. The minimum Gasteiger partial charge on any atom is -0.423 e. The average molecular weight is 227 g/mol. The second-order valence-electron chi connectivity index (χ2n) is 2.79. The molecule has 1 N–H and O–H groups in total. The van der Waals surface area contributed by atoms with Gasteiger partial charge in [0, 0.05) is 5.33 Å². The Kier molecular flexibility index (Phi) is 2.21. The van der Waals surface area contributed by atoms with Crippen LogP contribution in [0, 0.1) is 0 Å². The molecule has 0 bridgehead atoms. The number of fused-ring (bicyclic) bond motifs is 1. The lowest BCUT2D eigenvalue weighted by molar-refractivity contribution is 0.275. The van der Waals surface area contributed by atoms with Gasteiger partial charge in [0.15, 0.2) is 0 Å². The first-order valence-corrected chi connectivity index (χ1v) is 4.91. The number of hydrogen-bond acceptors (Lipinski definition) is 2. The summed E-state index contributed by atoms with van der Waals surface area (Å²) in [5, 5.41) is 10.2. The lowest BCUT2D eigenvalue weighted by atomic mass is 9.76. The van der Waals surface area contributed by atoms with Crippen molar-refractivity contribution in [3.63, 3.8) is 0 Å². The van der Waals surface area contributed by atoms with E-state index in [0.717, 1.165) is 21.9 Å². The van der Waals surface area contributed by atoms with Gasteiger partial charge in [0.2, 0.25) is 0 Å². The molecule has 0 aliphatic carbocycles. The Labute approximate surface area is 79.8 Å². The van der Waals surface area contributed by atoms with Crippen molar-refractivity contribution in [1.29, 1.82) is 0 Å². The Morgan fingerprint density at radius 2 is 2.42 bits per heavy atom. The minimum atomic E-state index is -0.728. The zero-order chi connectivity index (χ0) is 8.55. The molecule has 4 heteroatoms. The van der Waals surface area contributed by atoms with Crippen LogP contribution in [0.5, 0.6) is 0 Å². The highest BCUT2D eigenvalue weighted by molar-refractivity contribution is 9.08. The van der Waals surface area contributed by atoms with E-state index in [4.69, 9.17) is 4.65 Å². The van der Waals surface area contributed by atoms with Crippen LogP contribution < -0.4 is 5.46 Å². The summed E-state index contributed by atoms with van der Waals surface area (Å²) < 4.78 is 5.10. The third kappa shape index (κ3) is 1.20. The Balaban J connectivity index is 2.53. The molecule has 0 amide bonds. The van der Waals surface area contributed by atoms with Crippen molar-refractivity contribution >= 4 is 28.5 Å². The number of benzene rings is 1. The number of hydrogen-bond donors (Lipinski definition) is 1. The van der Waals surface area contributed by atoms with Gasteiger partial charge in [-0.25, -0.2) is 0 Å². The molecule has 1 aliphatic rings. The fourth-order valence-corrected chi connectivity index (χ4v) is 1.97. The molecule has 1 heterocycles. The SMILES string of the molecule is OB1OCc2cccc(CBr)c21. The van der Waals surface area contributed by atoms with E-state index in [-0.39, 0.29) is 0 Å². The third-order valence-electron chi connectivity index (χ3n) is 2.07. The highest BCUT2D eigenvalue weighted by Crippen LogP contribution is 2.14. The standard InChI is InChI=1S/C8H8BBrO2/c10-4-6-2-1-3-7-5-12-9(11)8(6)7/h1-3,11H,4-5H2. The Morgan fingerprint density at radius 3 is 3.17 bits per heavy atom. The lowest BCUT2D eigenvalue weighted by Crippen LogP contribution is -2.30. The van der Waals surface area contributed by atoms with Gasteiger partial charge in [-0.05, 0) is 16.6 Å². The first kappa shape index (κ1) is 8.29. The molecule has 0 saturated carbocycles. The topological polar surface area (TPSA) is 29.5 Å². The molecule has 0 radical (unpaired) electrons. The van der Waals surface area contributed by atoms with Crippen LogP contribution in [0.4, 0.5) is 0 Å². The maximum atomic E-state index is 9.45. The second kappa shape index (κ2) is 3.20. The van der Waals surface area contributed by atoms with Gasteiger partial charge in [-0.1, -0.05) is 34.1 Å². The molecule has 62 valence electrons. The number of alkyl halides is 1. The van der Waals surface area contributed by atoms with Gasteiger partial charge < -0.3 is 9.68 Å². The van der Waals surface area contributed by atoms with E-state index < -0.39 is 7.12 Å². The van der Waals surface area contributed by atoms with E-state index in [1.165, 1.54) is 0 Å². The summed E-state index contributed by atoms with van der Waals surface area (Å²) in [4.78, 5) is 0. The second-order valence-corrected chi connectivity index (χ2v) is 3.35. The van der Waals surface area contributed by atoms with Crippen LogP contribution in [0.1, 0.15) is 11.1 Å². The molecule has 1 aromatic carbocycles. The van der Waals surface area contributed by atoms with Crippen molar-refractivity contribution in [1.82, 2.24) is 0 Å². The molecule has 0 atom stereocenters.